The molecule has 152 valence electrons. The zero-order valence-corrected chi connectivity index (χ0v) is 17.2. The second-order valence-corrected chi connectivity index (χ2v) is 6.53. The molecule has 4 heteroatoms. The Kier molecular flexibility index (Phi) is 13.1. The standard InChI is InChI=1S/C23H35F2NO/c1-6-10-12-14-17-23(20(9-4)15-8-3,19(5)16-13-11-7-2)22(27)26-18-21(24)25/h7-9,11,13,15-16,21H,2,6,10,12,14,17-18H2,1,3-5H3,(H,26,27)/b13-11-,15-8-,19-16+,20-9+. The van der Waals surface area contributed by atoms with Gasteiger partial charge in [0.1, 0.15) is 0 Å². The normalized spacial score (nSPS) is 15.5. The average Bonchev–Trinajstić information content (AvgIpc) is 2.65. The molecule has 0 aromatic rings. The number of rotatable bonds is 13. The Hall–Kier alpha value is -1.97. The van der Waals surface area contributed by atoms with E-state index in [2.05, 4.69) is 18.8 Å². The van der Waals surface area contributed by atoms with Crippen LogP contribution in [0.15, 0.2) is 60.3 Å². The van der Waals surface area contributed by atoms with Gasteiger partial charge < -0.3 is 5.32 Å². The number of hydrogen-bond acceptors (Lipinski definition) is 1. The molecule has 0 saturated heterocycles. The molecule has 0 aliphatic carbocycles. The summed E-state index contributed by atoms with van der Waals surface area (Å²) in [6, 6.07) is 0. The van der Waals surface area contributed by atoms with Crippen LogP contribution in [0.25, 0.3) is 0 Å². The van der Waals surface area contributed by atoms with Gasteiger partial charge in [0.25, 0.3) is 6.43 Å². The van der Waals surface area contributed by atoms with Gasteiger partial charge in [-0.25, -0.2) is 8.78 Å². The van der Waals surface area contributed by atoms with Gasteiger partial charge in [-0.2, -0.15) is 0 Å². The van der Waals surface area contributed by atoms with Crippen LogP contribution in [0.3, 0.4) is 0 Å². The van der Waals surface area contributed by atoms with Crippen LogP contribution < -0.4 is 5.32 Å². The lowest BCUT2D eigenvalue weighted by Gasteiger charge is -2.35. The summed E-state index contributed by atoms with van der Waals surface area (Å²) >= 11 is 0. The van der Waals surface area contributed by atoms with Gasteiger partial charge in [0, 0.05) is 0 Å². The van der Waals surface area contributed by atoms with E-state index in [0.717, 1.165) is 36.8 Å². The maximum Gasteiger partial charge on any atom is 0.255 e. The molecule has 27 heavy (non-hydrogen) atoms. The summed E-state index contributed by atoms with van der Waals surface area (Å²) in [6.45, 7) is 10.8. The summed E-state index contributed by atoms with van der Waals surface area (Å²) < 4.78 is 25.5. The van der Waals surface area contributed by atoms with Crippen LogP contribution in [0.1, 0.15) is 59.8 Å². The fourth-order valence-electron chi connectivity index (χ4n) is 3.22. The molecule has 0 aromatic carbocycles. The van der Waals surface area contributed by atoms with Crippen LogP contribution in [-0.2, 0) is 4.79 Å². The van der Waals surface area contributed by atoms with Crippen molar-refractivity contribution >= 4 is 5.91 Å². The van der Waals surface area contributed by atoms with Gasteiger partial charge in [0.15, 0.2) is 0 Å². The Morgan fingerprint density at radius 2 is 1.89 bits per heavy atom. The van der Waals surface area contributed by atoms with Gasteiger partial charge in [-0.15, -0.1) is 0 Å². The summed E-state index contributed by atoms with van der Waals surface area (Å²) in [6.07, 6.45) is 14.8. The maximum absolute atomic E-state index is 13.2. The molecule has 0 spiro atoms. The zero-order valence-electron chi connectivity index (χ0n) is 17.2. The Balaban J connectivity index is 6.16. The Bertz CT molecular complexity index is 573. The van der Waals surface area contributed by atoms with Crippen molar-refractivity contribution in [2.24, 2.45) is 5.41 Å². The molecule has 0 saturated carbocycles. The molecule has 1 unspecified atom stereocenters. The highest BCUT2D eigenvalue weighted by atomic mass is 19.3. The van der Waals surface area contributed by atoms with E-state index in [0.29, 0.717) is 6.42 Å². The number of hydrogen-bond donors (Lipinski definition) is 1. The predicted molar refractivity (Wildman–Crippen MR) is 112 cm³/mol. The van der Waals surface area contributed by atoms with Crippen LogP contribution in [0.4, 0.5) is 8.78 Å². The van der Waals surface area contributed by atoms with E-state index in [1.807, 2.05) is 51.2 Å². The highest BCUT2D eigenvalue weighted by molar-refractivity contribution is 5.90. The largest absolute Gasteiger partial charge is 0.349 e. The van der Waals surface area contributed by atoms with Crippen molar-refractivity contribution in [3.8, 4) is 0 Å². The molecule has 0 aromatic heterocycles. The molecule has 0 bridgehead atoms. The average molecular weight is 380 g/mol. The molecule has 0 rings (SSSR count). The molecule has 0 fully saturated rings. The summed E-state index contributed by atoms with van der Waals surface area (Å²) in [4.78, 5) is 13.2. The quantitative estimate of drug-likeness (QED) is 0.286. The van der Waals surface area contributed by atoms with Gasteiger partial charge in [-0.1, -0.05) is 87.3 Å². The Labute approximate surface area is 163 Å². The minimum atomic E-state index is -2.58. The topological polar surface area (TPSA) is 29.1 Å². The highest BCUT2D eigenvalue weighted by Gasteiger charge is 2.41. The zero-order chi connectivity index (χ0) is 20.7. The van der Waals surface area contributed by atoms with Crippen molar-refractivity contribution in [2.75, 3.05) is 6.54 Å². The van der Waals surface area contributed by atoms with Crippen LogP contribution in [-0.4, -0.2) is 18.9 Å². The summed E-state index contributed by atoms with van der Waals surface area (Å²) in [5.41, 5.74) is 0.694. The van der Waals surface area contributed by atoms with Gasteiger partial charge in [0.2, 0.25) is 5.91 Å². The van der Waals surface area contributed by atoms with E-state index >= 15 is 0 Å². The van der Waals surface area contributed by atoms with Crippen molar-refractivity contribution in [2.45, 2.75) is 66.2 Å². The fraction of sp³-hybridized carbons (Fsp3) is 0.522. The highest BCUT2D eigenvalue weighted by Crippen LogP contribution is 2.42. The molecule has 0 heterocycles. The molecule has 1 atom stereocenters. The first-order chi connectivity index (χ1) is 12.9. The van der Waals surface area contributed by atoms with Gasteiger partial charge in [-0.05, 0) is 32.8 Å². The lowest BCUT2D eigenvalue weighted by molar-refractivity contribution is -0.128. The van der Waals surface area contributed by atoms with Crippen molar-refractivity contribution in [1.29, 1.82) is 0 Å². The van der Waals surface area contributed by atoms with E-state index < -0.39 is 18.4 Å². The monoisotopic (exact) mass is 379 g/mol. The third-order valence-electron chi connectivity index (χ3n) is 4.63. The van der Waals surface area contributed by atoms with Crippen LogP contribution in [0.2, 0.25) is 0 Å². The third-order valence-corrected chi connectivity index (χ3v) is 4.63. The smallest absolute Gasteiger partial charge is 0.255 e. The lowest BCUT2D eigenvalue weighted by Crippen LogP contribution is -2.44. The number of alkyl halides is 2. The summed E-state index contributed by atoms with van der Waals surface area (Å²) in [7, 11) is 0. The van der Waals surface area contributed by atoms with Gasteiger partial charge >= 0.3 is 0 Å². The van der Waals surface area contributed by atoms with E-state index in [-0.39, 0.29) is 5.91 Å². The van der Waals surface area contributed by atoms with Crippen LogP contribution >= 0.6 is 0 Å². The van der Waals surface area contributed by atoms with Crippen molar-refractivity contribution in [3.63, 3.8) is 0 Å². The molecule has 2 nitrogen and oxygen atoms in total. The second-order valence-electron chi connectivity index (χ2n) is 6.53. The number of allylic oxidation sites excluding steroid dienone is 7. The van der Waals surface area contributed by atoms with Crippen molar-refractivity contribution in [1.82, 2.24) is 5.32 Å². The van der Waals surface area contributed by atoms with E-state index in [9.17, 15) is 13.6 Å². The SMILES string of the molecule is C=C/C=C\C=C(/C)C(CCCCCC)(C(=O)NCC(F)F)C(/C=C\C)=C/C. The number of unbranched alkanes of at least 4 members (excludes halogenated alkanes) is 3. The van der Waals surface area contributed by atoms with Crippen molar-refractivity contribution in [3.05, 3.63) is 60.3 Å². The van der Waals surface area contributed by atoms with Crippen molar-refractivity contribution < 1.29 is 13.6 Å². The minimum absolute atomic E-state index is 0.369. The Morgan fingerprint density at radius 3 is 2.41 bits per heavy atom. The fourth-order valence-corrected chi connectivity index (χ4v) is 3.22. The third kappa shape index (κ3) is 8.06. The van der Waals surface area contributed by atoms with E-state index in [1.54, 1.807) is 12.2 Å². The second kappa shape index (κ2) is 14.1. The first-order valence-corrected chi connectivity index (χ1v) is 9.73. The molecule has 1 amide bonds. The molecule has 0 aliphatic rings. The first kappa shape index (κ1) is 25.0. The molecular weight excluding hydrogens is 344 g/mol. The number of carbonyl (C=O) groups excluding carboxylic acids is 1. The van der Waals surface area contributed by atoms with Gasteiger partial charge in [-0.3, -0.25) is 4.79 Å². The van der Waals surface area contributed by atoms with E-state index in [1.165, 1.54) is 0 Å². The van der Waals surface area contributed by atoms with Crippen LogP contribution in [0.5, 0.6) is 0 Å². The number of halogens is 2. The maximum atomic E-state index is 13.2. The molecular formula is C23H35F2NO. The summed E-state index contributed by atoms with van der Waals surface area (Å²) in [5, 5.41) is 2.46. The number of nitrogens with one attached hydrogen (secondary N) is 1. The molecule has 0 aliphatic heterocycles. The Morgan fingerprint density at radius 1 is 1.19 bits per heavy atom. The minimum Gasteiger partial charge on any atom is -0.349 e. The van der Waals surface area contributed by atoms with E-state index in [4.69, 9.17) is 0 Å². The molecule has 1 N–H and O–H groups in total. The first-order valence-electron chi connectivity index (χ1n) is 9.73. The summed E-state index contributed by atoms with van der Waals surface area (Å²) in [5.74, 6) is -0.369. The van der Waals surface area contributed by atoms with Gasteiger partial charge in [0.05, 0.1) is 12.0 Å². The lowest BCUT2D eigenvalue weighted by atomic mass is 9.69. The predicted octanol–water partition coefficient (Wildman–Crippen LogP) is 6.54. The molecule has 0 radical (unpaired) electrons. The number of carbonyl (C=O) groups is 1. The van der Waals surface area contributed by atoms with Crippen LogP contribution in [0, 0.1) is 5.41 Å². The number of amides is 1.